The number of rotatable bonds is 4. The maximum absolute atomic E-state index is 5.86. The molecule has 102 valence electrons. The zero-order valence-corrected chi connectivity index (χ0v) is 11.2. The largest absolute Gasteiger partial charge is 0.485 e. The molecule has 0 aliphatic rings. The quantitative estimate of drug-likeness (QED) is 0.788. The molecule has 2 aromatic carbocycles. The zero-order valence-electron chi connectivity index (χ0n) is 11.2. The molecule has 0 radical (unpaired) electrons. The van der Waals surface area contributed by atoms with E-state index in [0.717, 1.165) is 22.1 Å². The van der Waals surface area contributed by atoms with Crippen LogP contribution < -0.4 is 10.5 Å². The van der Waals surface area contributed by atoms with Crippen molar-refractivity contribution in [1.82, 2.24) is 10.1 Å². The van der Waals surface area contributed by atoms with Crippen molar-refractivity contribution < 1.29 is 9.26 Å². The fourth-order valence-electron chi connectivity index (χ4n) is 2.20. The predicted molar refractivity (Wildman–Crippen MR) is 75.2 cm³/mol. The van der Waals surface area contributed by atoms with Gasteiger partial charge in [-0.25, -0.2) is 0 Å². The lowest BCUT2D eigenvalue weighted by atomic mass is 10.0. The Kier molecular flexibility index (Phi) is 3.35. The molecule has 5 nitrogen and oxygen atoms in total. The Labute approximate surface area is 116 Å². The molecule has 0 bridgehead atoms. The van der Waals surface area contributed by atoms with Gasteiger partial charge in [0.2, 0.25) is 11.7 Å². The lowest BCUT2D eigenvalue weighted by Crippen LogP contribution is -2.04. The molecule has 0 aliphatic heterocycles. The lowest BCUT2D eigenvalue weighted by molar-refractivity contribution is 0.283. The first-order chi connectivity index (χ1) is 9.78. The first kappa shape index (κ1) is 12.6. The van der Waals surface area contributed by atoms with Crippen molar-refractivity contribution in [2.45, 2.75) is 20.1 Å². The molecule has 5 heteroatoms. The summed E-state index contributed by atoms with van der Waals surface area (Å²) in [5, 5.41) is 6.06. The number of benzene rings is 2. The van der Waals surface area contributed by atoms with Crippen molar-refractivity contribution in [2.75, 3.05) is 0 Å². The molecular formula is C15H15N3O2. The van der Waals surface area contributed by atoms with Gasteiger partial charge in [-0.15, -0.1) is 0 Å². The van der Waals surface area contributed by atoms with Gasteiger partial charge >= 0.3 is 0 Å². The van der Waals surface area contributed by atoms with E-state index < -0.39 is 0 Å². The average Bonchev–Trinajstić information content (AvgIpc) is 2.90. The summed E-state index contributed by atoms with van der Waals surface area (Å²) in [6.45, 7) is 2.43. The van der Waals surface area contributed by atoms with Crippen LogP contribution in [-0.2, 0) is 13.2 Å². The third kappa shape index (κ3) is 2.35. The van der Waals surface area contributed by atoms with E-state index >= 15 is 0 Å². The Morgan fingerprint density at radius 2 is 2.05 bits per heavy atom. The molecule has 1 aromatic heterocycles. The van der Waals surface area contributed by atoms with Gasteiger partial charge < -0.3 is 15.0 Å². The Morgan fingerprint density at radius 3 is 2.80 bits per heavy atom. The highest BCUT2D eigenvalue weighted by atomic mass is 16.5. The van der Waals surface area contributed by atoms with Crippen LogP contribution in [0, 0.1) is 6.92 Å². The minimum absolute atomic E-state index is 0.267. The molecule has 20 heavy (non-hydrogen) atoms. The minimum Gasteiger partial charge on any atom is -0.485 e. The van der Waals surface area contributed by atoms with Crippen LogP contribution >= 0.6 is 0 Å². The first-order valence-corrected chi connectivity index (χ1v) is 6.40. The van der Waals surface area contributed by atoms with Crippen LogP contribution in [0.2, 0.25) is 0 Å². The number of aromatic nitrogens is 2. The number of nitrogens with two attached hydrogens (primary N) is 1. The molecule has 0 aliphatic carbocycles. The van der Waals surface area contributed by atoms with E-state index in [9.17, 15) is 0 Å². The van der Waals surface area contributed by atoms with E-state index in [-0.39, 0.29) is 6.61 Å². The molecule has 0 fully saturated rings. The third-order valence-electron chi connectivity index (χ3n) is 3.13. The maximum atomic E-state index is 5.86. The third-order valence-corrected chi connectivity index (χ3v) is 3.13. The van der Waals surface area contributed by atoms with Gasteiger partial charge in [-0.05, 0) is 16.8 Å². The molecule has 0 saturated heterocycles. The van der Waals surface area contributed by atoms with Gasteiger partial charge in [-0.3, -0.25) is 0 Å². The average molecular weight is 269 g/mol. The van der Waals surface area contributed by atoms with Crippen LogP contribution in [0.3, 0.4) is 0 Å². The van der Waals surface area contributed by atoms with Gasteiger partial charge in [0.15, 0.2) is 6.61 Å². The molecule has 0 unspecified atom stereocenters. The van der Waals surface area contributed by atoms with Crippen molar-refractivity contribution >= 4 is 10.8 Å². The van der Waals surface area contributed by atoms with Gasteiger partial charge in [-0.2, -0.15) is 4.98 Å². The summed E-state index contributed by atoms with van der Waals surface area (Å²) in [5.74, 6) is 1.81. The lowest BCUT2D eigenvalue weighted by Gasteiger charge is -2.11. The van der Waals surface area contributed by atoms with Gasteiger partial charge in [0.1, 0.15) is 5.75 Å². The van der Waals surface area contributed by atoms with E-state index in [1.807, 2.05) is 30.3 Å². The Balaban J connectivity index is 1.91. The Hall–Kier alpha value is -2.40. The second-order valence-electron chi connectivity index (χ2n) is 4.49. The normalized spacial score (nSPS) is 10.9. The number of fused-ring (bicyclic) bond motifs is 1. The Morgan fingerprint density at radius 1 is 1.20 bits per heavy atom. The van der Waals surface area contributed by atoms with E-state index in [4.69, 9.17) is 15.0 Å². The molecule has 2 N–H and O–H groups in total. The monoisotopic (exact) mass is 269 g/mol. The van der Waals surface area contributed by atoms with Crippen LogP contribution in [0.4, 0.5) is 0 Å². The molecule has 0 saturated carbocycles. The zero-order chi connectivity index (χ0) is 13.9. The Bertz CT molecular complexity index is 737. The van der Waals surface area contributed by atoms with Crippen LogP contribution in [0.25, 0.3) is 10.8 Å². The number of hydrogen-bond acceptors (Lipinski definition) is 5. The molecule has 3 aromatic rings. The van der Waals surface area contributed by atoms with Crippen molar-refractivity contribution in [3.8, 4) is 5.75 Å². The van der Waals surface area contributed by atoms with Crippen LogP contribution in [0.15, 0.2) is 40.9 Å². The summed E-state index contributed by atoms with van der Waals surface area (Å²) in [6.07, 6.45) is 0. The maximum Gasteiger partial charge on any atom is 0.223 e. The van der Waals surface area contributed by atoms with Crippen molar-refractivity contribution in [3.05, 3.63) is 53.7 Å². The van der Waals surface area contributed by atoms with Crippen LogP contribution in [-0.4, -0.2) is 10.1 Å². The van der Waals surface area contributed by atoms with Gasteiger partial charge in [0.05, 0.1) is 0 Å². The highest BCUT2D eigenvalue weighted by Crippen LogP contribution is 2.28. The fraction of sp³-hybridized carbons (Fsp3) is 0.200. The molecule has 1 heterocycles. The molecule has 3 rings (SSSR count). The van der Waals surface area contributed by atoms with E-state index in [2.05, 4.69) is 16.2 Å². The number of ether oxygens (including phenoxy) is 1. The topological polar surface area (TPSA) is 74.2 Å². The number of nitrogens with zero attached hydrogens (tertiary/aromatic N) is 2. The number of aryl methyl sites for hydroxylation is 1. The standard InChI is InChI=1S/C15H15N3O2/c1-10-17-15(18-20-10)9-19-14-7-6-11-4-2-3-5-12(11)13(14)8-16/h2-7H,8-9,16H2,1H3. The summed E-state index contributed by atoms with van der Waals surface area (Å²) in [4.78, 5) is 4.11. The first-order valence-electron chi connectivity index (χ1n) is 6.40. The summed E-state index contributed by atoms with van der Waals surface area (Å²) in [6, 6.07) is 12.0. The highest BCUT2D eigenvalue weighted by molar-refractivity contribution is 5.87. The molecule has 0 spiro atoms. The summed E-state index contributed by atoms with van der Waals surface area (Å²) in [5.41, 5.74) is 6.85. The summed E-state index contributed by atoms with van der Waals surface area (Å²) < 4.78 is 10.7. The van der Waals surface area contributed by atoms with E-state index in [1.54, 1.807) is 6.92 Å². The van der Waals surface area contributed by atoms with E-state index in [0.29, 0.717) is 18.3 Å². The number of hydrogen-bond donors (Lipinski definition) is 1. The SMILES string of the molecule is Cc1nc(COc2ccc3ccccc3c2CN)no1. The van der Waals surface area contributed by atoms with Crippen molar-refractivity contribution in [2.24, 2.45) is 5.73 Å². The van der Waals surface area contributed by atoms with Crippen molar-refractivity contribution in [1.29, 1.82) is 0 Å². The van der Waals surface area contributed by atoms with Crippen LogP contribution in [0.1, 0.15) is 17.3 Å². The van der Waals surface area contributed by atoms with Crippen molar-refractivity contribution in [3.63, 3.8) is 0 Å². The van der Waals surface area contributed by atoms with Crippen LogP contribution in [0.5, 0.6) is 5.75 Å². The predicted octanol–water partition coefficient (Wildman–Crippen LogP) is 2.57. The van der Waals surface area contributed by atoms with Gasteiger partial charge in [-0.1, -0.05) is 35.5 Å². The van der Waals surface area contributed by atoms with Gasteiger partial charge in [0, 0.05) is 19.0 Å². The molecular weight excluding hydrogens is 254 g/mol. The second-order valence-corrected chi connectivity index (χ2v) is 4.49. The van der Waals surface area contributed by atoms with Gasteiger partial charge in [0.25, 0.3) is 0 Å². The molecule has 0 amide bonds. The highest BCUT2D eigenvalue weighted by Gasteiger charge is 2.09. The smallest absolute Gasteiger partial charge is 0.223 e. The summed E-state index contributed by atoms with van der Waals surface area (Å²) in [7, 11) is 0. The minimum atomic E-state index is 0.267. The second kappa shape index (κ2) is 5.30. The van der Waals surface area contributed by atoms with E-state index in [1.165, 1.54) is 0 Å². The summed E-state index contributed by atoms with van der Waals surface area (Å²) >= 11 is 0. The fourth-order valence-corrected chi connectivity index (χ4v) is 2.20. The molecule has 0 atom stereocenters.